The fourth-order valence-electron chi connectivity index (χ4n) is 4.46. The van der Waals surface area contributed by atoms with Crippen LogP contribution in [0.2, 0.25) is 5.02 Å². The summed E-state index contributed by atoms with van der Waals surface area (Å²) in [5.41, 5.74) is 1.42. The Bertz CT molecular complexity index is 854. The van der Waals surface area contributed by atoms with Gasteiger partial charge in [-0.3, -0.25) is 4.79 Å². The summed E-state index contributed by atoms with van der Waals surface area (Å²) in [6.07, 6.45) is 8.09. The van der Waals surface area contributed by atoms with Crippen LogP contribution in [0.15, 0.2) is 18.2 Å². The van der Waals surface area contributed by atoms with Crippen molar-refractivity contribution in [2.45, 2.75) is 62.9 Å². The molecule has 1 saturated heterocycles. The van der Waals surface area contributed by atoms with Gasteiger partial charge in [-0.1, -0.05) is 24.4 Å². The van der Waals surface area contributed by atoms with E-state index >= 15 is 0 Å². The van der Waals surface area contributed by atoms with Crippen molar-refractivity contribution in [2.24, 2.45) is 5.92 Å². The highest BCUT2D eigenvalue weighted by atomic mass is 35.5. The average molecular weight is 423 g/mol. The summed E-state index contributed by atoms with van der Waals surface area (Å²) in [6.45, 7) is 0. The Hall–Kier alpha value is -1.70. The normalized spacial score (nSPS) is 26.4. The summed E-state index contributed by atoms with van der Waals surface area (Å²) >= 11 is 6.39. The molecule has 2 aromatic rings. The molecule has 7 nitrogen and oxygen atoms in total. The van der Waals surface area contributed by atoms with Crippen LogP contribution in [0.25, 0.3) is 5.69 Å². The standard InChI is InChI=1S/C19H23ClN6O.ClH/c20-14-8-7-13(10-17(14)26-18(11-5-6-11)23-24-25-26)21-19(27)16-9-12-3-1-2-4-15(12)22-16;/h7-8,10-12,15-16,22H,1-6,9H2,(H,21,27);1H. The van der Waals surface area contributed by atoms with Crippen molar-refractivity contribution in [3.8, 4) is 5.69 Å². The number of nitrogens with one attached hydrogen (secondary N) is 2. The lowest BCUT2D eigenvalue weighted by molar-refractivity contribution is -0.117. The molecule has 1 aromatic heterocycles. The smallest absolute Gasteiger partial charge is 0.241 e. The van der Waals surface area contributed by atoms with Crippen molar-refractivity contribution in [2.75, 3.05) is 5.32 Å². The van der Waals surface area contributed by atoms with Crippen LogP contribution in [-0.4, -0.2) is 38.2 Å². The molecule has 0 bridgehead atoms. The van der Waals surface area contributed by atoms with Crippen molar-refractivity contribution in [1.82, 2.24) is 25.5 Å². The van der Waals surface area contributed by atoms with Crippen LogP contribution >= 0.6 is 24.0 Å². The Morgan fingerprint density at radius 3 is 2.82 bits per heavy atom. The molecule has 2 aliphatic carbocycles. The monoisotopic (exact) mass is 422 g/mol. The first-order chi connectivity index (χ1) is 13.2. The van der Waals surface area contributed by atoms with E-state index in [1.807, 2.05) is 12.1 Å². The molecule has 1 aliphatic heterocycles. The third-order valence-corrected chi connectivity index (χ3v) is 6.38. The first-order valence-electron chi connectivity index (χ1n) is 9.84. The molecule has 5 rings (SSSR count). The fourth-order valence-corrected chi connectivity index (χ4v) is 4.66. The van der Waals surface area contributed by atoms with Crippen LogP contribution in [0.5, 0.6) is 0 Å². The van der Waals surface area contributed by atoms with Gasteiger partial charge in [0.15, 0.2) is 5.82 Å². The minimum atomic E-state index is -0.118. The predicted octanol–water partition coefficient (Wildman–Crippen LogP) is 3.47. The second kappa shape index (κ2) is 7.97. The largest absolute Gasteiger partial charge is 0.325 e. The highest BCUT2D eigenvalue weighted by molar-refractivity contribution is 6.32. The number of anilines is 1. The maximum atomic E-state index is 12.8. The highest BCUT2D eigenvalue weighted by Gasteiger charge is 2.38. The Kier molecular flexibility index (Phi) is 5.58. The molecule has 0 spiro atoms. The third kappa shape index (κ3) is 3.75. The van der Waals surface area contributed by atoms with E-state index in [4.69, 9.17) is 11.6 Å². The first-order valence-corrected chi connectivity index (χ1v) is 10.2. The van der Waals surface area contributed by atoms with Crippen LogP contribution in [0.4, 0.5) is 5.69 Å². The number of nitrogens with zero attached hydrogens (tertiary/aromatic N) is 4. The van der Waals surface area contributed by atoms with Gasteiger partial charge in [0, 0.05) is 17.6 Å². The number of fused-ring (bicyclic) bond motifs is 1. The number of rotatable bonds is 4. The fraction of sp³-hybridized carbons (Fsp3) is 0.579. The lowest BCUT2D eigenvalue weighted by Crippen LogP contribution is -2.39. The van der Waals surface area contributed by atoms with E-state index in [2.05, 4.69) is 26.2 Å². The van der Waals surface area contributed by atoms with Gasteiger partial charge in [0.1, 0.15) is 0 Å². The predicted molar refractivity (Wildman–Crippen MR) is 109 cm³/mol. The zero-order valence-corrected chi connectivity index (χ0v) is 17.0. The van der Waals surface area contributed by atoms with Crippen LogP contribution in [0.3, 0.4) is 0 Å². The average Bonchev–Trinajstić information content (AvgIpc) is 3.24. The maximum absolute atomic E-state index is 12.8. The van der Waals surface area contributed by atoms with Crippen LogP contribution in [-0.2, 0) is 4.79 Å². The number of tetrazole rings is 1. The molecule has 3 atom stereocenters. The van der Waals surface area contributed by atoms with Gasteiger partial charge in [0.2, 0.25) is 5.91 Å². The summed E-state index contributed by atoms with van der Waals surface area (Å²) in [6, 6.07) is 5.84. The van der Waals surface area contributed by atoms with Gasteiger partial charge in [0.25, 0.3) is 0 Å². The van der Waals surface area contributed by atoms with E-state index in [1.54, 1.807) is 10.7 Å². The molecule has 2 saturated carbocycles. The zero-order chi connectivity index (χ0) is 18.4. The Morgan fingerprint density at radius 2 is 2.04 bits per heavy atom. The number of aromatic nitrogens is 4. The third-order valence-electron chi connectivity index (χ3n) is 6.06. The van der Waals surface area contributed by atoms with Gasteiger partial charge >= 0.3 is 0 Å². The second-order valence-electron chi connectivity index (χ2n) is 7.98. The molecule has 2 heterocycles. The number of benzene rings is 1. The number of amides is 1. The quantitative estimate of drug-likeness (QED) is 0.787. The Labute approximate surface area is 175 Å². The molecule has 9 heteroatoms. The van der Waals surface area contributed by atoms with Gasteiger partial charge < -0.3 is 10.6 Å². The summed E-state index contributed by atoms with van der Waals surface area (Å²) in [5, 5.41) is 19.2. The lowest BCUT2D eigenvalue weighted by atomic mass is 9.85. The zero-order valence-electron chi connectivity index (χ0n) is 15.5. The number of carbonyl (C=O) groups is 1. The molecule has 150 valence electrons. The molecular weight excluding hydrogens is 399 g/mol. The molecule has 3 unspecified atom stereocenters. The van der Waals surface area contributed by atoms with Crippen LogP contribution in [0, 0.1) is 5.92 Å². The van der Waals surface area contributed by atoms with Crippen molar-refractivity contribution in [3.63, 3.8) is 0 Å². The number of carbonyl (C=O) groups excluding carboxylic acids is 1. The van der Waals surface area contributed by atoms with E-state index in [1.165, 1.54) is 25.7 Å². The maximum Gasteiger partial charge on any atom is 0.241 e. The van der Waals surface area contributed by atoms with Gasteiger partial charge in [-0.05, 0) is 66.6 Å². The number of hydrogen-bond donors (Lipinski definition) is 2. The number of halogens is 2. The van der Waals surface area contributed by atoms with Gasteiger partial charge in [-0.2, -0.15) is 4.68 Å². The minimum absolute atomic E-state index is 0. The van der Waals surface area contributed by atoms with Crippen molar-refractivity contribution in [1.29, 1.82) is 0 Å². The molecule has 3 aliphatic rings. The summed E-state index contributed by atoms with van der Waals surface area (Å²) in [4.78, 5) is 12.8. The SMILES string of the molecule is Cl.O=C(Nc1ccc(Cl)c(-n2nnnc2C2CC2)c1)C1CC2CCCCC2N1. The minimum Gasteiger partial charge on any atom is -0.325 e. The highest BCUT2D eigenvalue weighted by Crippen LogP contribution is 2.40. The Balaban J connectivity index is 0.00000192. The molecule has 3 fully saturated rings. The van der Waals surface area contributed by atoms with E-state index in [9.17, 15) is 4.79 Å². The topological polar surface area (TPSA) is 84.7 Å². The number of hydrogen-bond acceptors (Lipinski definition) is 5. The van der Waals surface area contributed by atoms with Crippen LogP contribution in [0.1, 0.15) is 56.7 Å². The summed E-state index contributed by atoms with van der Waals surface area (Å²) in [5.74, 6) is 1.90. The molecular formula is C19H24Cl2N6O. The van der Waals surface area contributed by atoms with E-state index in [-0.39, 0.29) is 24.4 Å². The van der Waals surface area contributed by atoms with Crippen molar-refractivity contribution >= 4 is 35.6 Å². The van der Waals surface area contributed by atoms with E-state index in [0.29, 0.717) is 34.3 Å². The van der Waals surface area contributed by atoms with E-state index in [0.717, 1.165) is 25.1 Å². The molecule has 2 N–H and O–H groups in total. The summed E-state index contributed by atoms with van der Waals surface area (Å²) < 4.78 is 1.69. The molecule has 0 radical (unpaired) electrons. The van der Waals surface area contributed by atoms with Gasteiger partial charge in [0.05, 0.1) is 16.8 Å². The van der Waals surface area contributed by atoms with E-state index < -0.39 is 0 Å². The first kappa shape index (κ1) is 19.6. The van der Waals surface area contributed by atoms with Crippen LogP contribution < -0.4 is 10.6 Å². The lowest BCUT2D eigenvalue weighted by Gasteiger charge is -2.24. The molecule has 1 amide bonds. The Morgan fingerprint density at radius 1 is 1.21 bits per heavy atom. The molecule has 28 heavy (non-hydrogen) atoms. The molecule has 1 aromatic carbocycles. The van der Waals surface area contributed by atoms with Gasteiger partial charge in [-0.25, -0.2) is 0 Å². The van der Waals surface area contributed by atoms with Gasteiger partial charge in [-0.15, -0.1) is 17.5 Å². The van der Waals surface area contributed by atoms with Crippen molar-refractivity contribution < 1.29 is 4.79 Å². The van der Waals surface area contributed by atoms with Crippen molar-refractivity contribution in [3.05, 3.63) is 29.0 Å². The summed E-state index contributed by atoms with van der Waals surface area (Å²) in [7, 11) is 0. The second-order valence-corrected chi connectivity index (χ2v) is 8.39.